The van der Waals surface area contributed by atoms with E-state index in [2.05, 4.69) is 43.5 Å². The smallest absolute Gasteiger partial charge is 0.220 e. The summed E-state index contributed by atoms with van der Waals surface area (Å²) in [6, 6.07) is -0.990. The largest absolute Gasteiger partial charge is 0.394 e. The van der Waals surface area contributed by atoms with Gasteiger partial charge in [0.2, 0.25) is 5.91 Å². The molecule has 0 aromatic heterocycles. The van der Waals surface area contributed by atoms with Gasteiger partial charge in [0.1, 0.15) is 73.2 Å². The van der Waals surface area contributed by atoms with Crippen molar-refractivity contribution >= 4 is 5.91 Å². The number of nitrogens with one attached hydrogen (secondary N) is 1. The number of unbranched alkanes of at least 4 members (excludes halogenated alkanes) is 55. The highest BCUT2D eigenvalue weighted by Gasteiger charge is 2.54. The van der Waals surface area contributed by atoms with Gasteiger partial charge in [-0.1, -0.05) is 371 Å². The molecule has 19 nitrogen and oxygen atoms in total. The summed E-state index contributed by atoms with van der Waals surface area (Å²) in [6.07, 6.45) is 63.2. The first-order valence-electron chi connectivity index (χ1n) is 45.7. The van der Waals surface area contributed by atoms with Gasteiger partial charge in [0.15, 0.2) is 18.9 Å². The van der Waals surface area contributed by atoms with Gasteiger partial charge in [-0.2, -0.15) is 0 Å². The van der Waals surface area contributed by atoms with Gasteiger partial charge in [-0.25, -0.2) is 0 Å². The Balaban J connectivity index is 1.31. The van der Waals surface area contributed by atoms with Crippen LogP contribution in [-0.4, -0.2) is 193 Å². The van der Waals surface area contributed by atoms with Crippen LogP contribution in [0.5, 0.6) is 0 Å². The zero-order chi connectivity index (χ0) is 78.8. The van der Waals surface area contributed by atoms with E-state index in [0.29, 0.717) is 12.8 Å². The first-order chi connectivity index (χ1) is 53.3. The lowest BCUT2D eigenvalue weighted by Gasteiger charge is -2.48. The quantitative estimate of drug-likeness (QED) is 0.0199. The Hall–Kier alpha value is -1.99. The van der Waals surface area contributed by atoms with Crippen LogP contribution in [0.2, 0.25) is 0 Å². The van der Waals surface area contributed by atoms with Gasteiger partial charge in [-0.3, -0.25) is 4.79 Å². The van der Waals surface area contributed by atoms with Gasteiger partial charge in [0.05, 0.1) is 38.6 Å². The molecule has 109 heavy (non-hydrogen) atoms. The van der Waals surface area contributed by atoms with E-state index in [9.17, 15) is 61.0 Å². The minimum Gasteiger partial charge on any atom is -0.394 e. The van der Waals surface area contributed by atoms with E-state index in [-0.39, 0.29) is 18.9 Å². The van der Waals surface area contributed by atoms with Crippen LogP contribution in [0.3, 0.4) is 0 Å². The van der Waals surface area contributed by atoms with Gasteiger partial charge in [-0.05, 0) is 57.8 Å². The third-order valence-corrected chi connectivity index (χ3v) is 22.9. The topological polar surface area (TPSA) is 307 Å². The Kier molecular flexibility index (Phi) is 65.2. The van der Waals surface area contributed by atoms with E-state index >= 15 is 0 Å². The maximum absolute atomic E-state index is 13.5. The van der Waals surface area contributed by atoms with Crippen LogP contribution in [0.25, 0.3) is 0 Å². The molecule has 3 aliphatic heterocycles. The number of aliphatic hydroxyl groups is 11. The van der Waals surface area contributed by atoms with Crippen molar-refractivity contribution in [2.75, 3.05) is 26.4 Å². The summed E-state index contributed by atoms with van der Waals surface area (Å²) in [7, 11) is 0. The highest BCUT2D eigenvalue weighted by molar-refractivity contribution is 5.76. The summed E-state index contributed by atoms with van der Waals surface area (Å²) >= 11 is 0. The van der Waals surface area contributed by atoms with Crippen LogP contribution in [-0.2, 0) is 33.2 Å². The average molecular weight is 1550 g/mol. The van der Waals surface area contributed by atoms with Crippen molar-refractivity contribution in [3.8, 4) is 0 Å². The van der Waals surface area contributed by atoms with Crippen molar-refractivity contribution < 1.29 is 89.4 Å². The summed E-state index contributed by atoms with van der Waals surface area (Å²) in [4.78, 5) is 13.5. The Morgan fingerprint density at radius 1 is 0.321 bits per heavy atom. The second kappa shape index (κ2) is 70.2. The lowest BCUT2D eigenvalue weighted by Crippen LogP contribution is -2.66. The summed E-state index contributed by atoms with van der Waals surface area (Å²) in [5, 5.41) is 121. The first-order valence-corrected chi connectivity index (χ1v) is 45.7. The monoisotopic (exact) mass is 1550 g/mol. The molecular formula is C90H169NO18. The van der Waals surface area contributed by atoms with Crippen LogP contribution >= 0.6 is 0 Å². The summed E-state index contributed by atoms with van der Waals surface area (Å²) in [6.45, 7) is 1.78. The van der Waals surface area contributed by atoms with Crippen LogP contribution in [0.4, 0.5) is 0 Å². The second-order valence-corrected chi connectivity index (χ2v) is 32.8. The first kappa shape index (κ1) is 101. The number of aliphatic hydroxyl groups excluding tert-OH is 11. The highest BCUT2D eigenvalue weighted by atomic mass is 16.8. The molecule has 12 N–H and O–H groups in total. The molecule has 0 bridgehead atoms. The molecule has 0 radical (unpaired) electrons. The van der Waals surface area contributed by atoms with Crippen LogP contribution in [0.1, 0.15) is 399 Å². The lowest BCUT2D eigenvalue weighted by molar-refractivity contribution is -0.379. The van der Waals surface area contributed by atoms with Crippen molar-refractivity contribution in [3.63, 3.8) is 0 Å². The molecule has 1 amide bonds. The average Bonchev–Trinajstić information content (AvgIpc) is 0.759. The predicted molar refractivity (Wildman–Crippen MR) is 439 cm³/mol. The van der Waals surface area contributed by atoms with Crippen molar-refractivity contribution in [2.24, 2.45) is 0 Å². The zero-order valence-corrected chi connectivity index (χ0v) is 69.3. The third-order valence-electron chi connectivity index (χ3n) is 22.9. The van der Waals surface area contributed by atoms with Gasteiger partial charge in [-0.15, -0.1) is 0 Å². The molecule has 0 saturated carbocycles. The molecule has 17 unspecified atom stereocenters. The van der Waals surface area contributed by atoms with E-state index < -0.39 is 124 Å². The Bertz CT molecular complexity index is 2100. The molecule has 642 valence electrons. The number of carbonyl (C=O) groups excluding carboxylic acids is 1. The minimum atomic E-state index is -1.98. The van der Waals surface area contributed by atoms with Crippen molar-refractivity contribution in [3.05, 3.63) is 36.5 Å². The van der Waals surface area contributed by atoms with Gasteiger partial charge < -0.3 is 89.9 Å². The summed E-state index contributed by atoms with van der Waals surface area (Å²) in [5.41, 5.74) is 0. The van der Waals surface area contributed by atoms with Gasteiger partial charge >= 0.3 is 0 Å². The number of rotatable bonds is 75. The Labute approximate surface area is 663 Å². The van der Waals surface area contributed by atoms with E-state index in [1.807, 2.05) is 6.08 Å². The molecule has 3 saturated heterocycles. The maximum atomic E-state index is 13.5. The molecule has 19 heteroatoms. The van der Waals surface area contributed by atoms with Crippen molar-refractivity contribution in [1.29, 1.82) is 0 Å². The lowest BCUT2D eigenvalue weighted by atomic mass is 9.96. The fourth-order valence-corrected chi connectivity index (χ4v) is 15.6. The molecule has 3 aliphatic rings. The normalized spacial score (nSPS) is 25.4. The van der Waals surface area contributed by atoms with Crippen molar-refractivity contribution in [2.45, 2.75) is 503 Å². The van der Waals surface area contributed by atoms with E-state index in [1.165, 1.54) is 327 Å². The number of amides is 1. The van der Waals surface area contributed by atoms with Gasteiger partial charge in [0, 0.05) is 6.42 Å². The predicted octanol–water partition coefficient (Wildman–Crippen LogP) is 17.4. The zero-order valence-electron chi connectivity index (χ0n) is 69.3. The van der Waals surface area contributed by atoms with E-state index in [0.717, 1.165) is 38.5 Å². The molecule has 3 fully saturated rings. The Morgan fingerprint density at radius 2 is 0.587 bits per heavy atom. The van der Waals surface area contributed by atoms with Crippen LogP contribution < -0.4 is 5.32 Å². The van der Waals surface area contributed by atoms with Crippen LogP contribution in [0, 0.1) is 0 Å². The Morgan fingerprint density at radius 3 is 0.917 bits per heavy atom. The minimum absolute atomic E-state index is 0.240. The fourth-order valence-electron chi connectivity index (χ4n) is 15.6. The van der Waals surface area contributed by atoms with Crippen LogP contribution in [0.15, 0.2) is 36.5 Å². The third kappa shape index (κ3) is 49.0. The number of ether oxygens (including phenoxy) is 6. The maximum Gasteiger partial charge on any atom is 0.220 e. The highest BCUT2D eigenvalue weighted by Crippen LogP contribution is 2.34. The summed E-state index contributed by atoms with van der Waals surface area (Å²) in [5.74, 6) is -0.277. The molecule has 3 rings (SSSR count). The number of allylic oxidation sites excluding steroid dienone is 5. The molecule has 0 aromatic rings. The molecule has 3 heterocycles. The van der Waals surface area contributed by atoms with E-state index in [1.54, 1.807) is 6.08 Å². The molecular weight excluding hydrogens is 1380 g/mol. The van der Waals surface area contributed by atoms with Gasteiger partial charge in [0.25, 0.3) is 0 Å². The molecule has 0 aromatic carbocycles. The fraction of sp³-hybridized carbons (Fsp3) is 0.922. The molecule has 17 atom stereocenters. The summed E-state index contributed by atoms with van der Waals surface area (Å²) < 4.78 is 34.5. The number of hydrogen-bond acceptors (Lipinski definition) is 18. The standard InChI is InChI=1S/C90H169NO18/c1-3-5-7-9-11-13-15-17-19-21-23-25-27-29-30-31-32-33-34-35-36-37-38-39-40-41-42-44-46-48-50-52-54-56-58-60-62-64-66-68-78(96)91-73(74(95)67-65-63-61-59-57-55-53-51-49-47-45-43-28-26-24-22-20-18-16-14-12-10-8-6-4-2)72-104-88-84(102)81(99)86(76(70-93)106-88)109-90-85(103)82(100)87(77(71-94)107-90)108-89-83(101)80(98)79(97)75(69-92)105-89/h21,23,57,59,65,67,73-77,79-90,92-95,97-103H,3-20,22,24-56,58,60-64,66,68-72H2,1-2H3,(H,91,96)/b23-21-,59-57+,67-65+. The van der Waals surface area contributed by atoms with E-state index in [4.69, 9.17) is 28.4 Å². The SMILES string of the molecule is CCCCCCCCCC/C=C\CCCCCCCCCCCCCCCCCCCCCCCCCCCCCC(=O)NC(COC1OC(CO)C(OC2OC(CO)C(OC3OC(CO)C(O)C(O)C3O)C(O)C2O)C(O)C1O)C(O)/C=C/CC/C=C/CCCCCCCCCCCCCCCCCCCCC. The molecule has 0 spiro atoms. The second-order valence-electron chi connectivity index (χ2n) is 32.8. The molecule has 0 aliphatic carbocycles. The van der Waals surface area contributed by atoms with Crippen molar-refractivity contribution in [1.82, 2.24) is 5.32 Å². The number of hydrogen-bond donors (Lipinski definition) is 12. The number of carbonyl (C=O) groups is 1.